The van der Waals surface area contributed by atoms with Crippen LogP contribution >= 0.6 is 0 Å². The molecule has 0 unspecified atom stereocenters. The fourth-order valence-electron chi connectivity index (χ4n) is 1.36. The molecule has 0 aliphatic rings. The maximum atomic E-state index is 11.7. The molecule has 4 heteroatoms. The average molecular weight is 232 g/mol. The smallest absolute Gasteiger partial charge is 0.294 e. The van der Waals surface area contributed by atoms with E-state index in [1.54, 1.807) is 6.92 Å². The summed E-state index contributed by atoms with van der Waals surface area (Å²) in [6, 6.07) is 9.08. The first-order valence-corrected chi connectivity index (χ1v) is 5.29. The van der Waals surface area contributed by atoms with Crippen LogP contribution in [0.2, 0.25) is 0 Å². The Hall–Kier alpha value is -2.10. The summed E-state index contributed by atoms with van der Waals surface area (Å²) in [5.74, 6) is -0.380. The number of benzene rings is 1. The zero-order valence-electron chi connectivity index (χ0n) is 10.1. The number of rotatable bonds is 3. The van der Waals surface area contributed by atoms with Gasteiger partial charge in [-0.15, -0.1) is 0 Å². The molecule has 0 atom stereocenters. The van der Waals surface area contributed by atoms with E-state index < -0.39 is 6.03 Å². The van der Waals surface area contributed by atoms with E-state index in [0.29, 0.717) is 12.2 Å². The fraction of sp³-hybridized carbons (Fsp3) is 0.231. The Labute approximate surface area is 101 Å². The zero-order chi connectivity index (χ0) is 12.8. The molecule has 0 heterocycles. The quantitative estimate of drug-likeness (QED) is 0.869. The molecule has 0 bridgehead atoms. The summed E-state index contributed by atoms with van der Waals surface area (Å²) in [5, 5.41) is 2.23. The monoisotopic (exact) mass is 232 g/mol. The molecule has 17 heavy (non-hydrogen) atoms. The molecule has 1 N–H and O–H groups in total. The van der Waals surface area contributed by atoms with Gasteiger partial charge in [-0.2, -0.15) is 0 Å². The summed E-state index contributed by atoms with van der Waals surface area (Å²) in [6.45, 7) is 7.16. The van der Waals surface area contributed by atoms with E-state index in [4.69, 9.17) is 0 Å². The minimum atomic E-state index is -0.450. The number of allylic oxidation sites excluding steroid dienone is 1. The lowest BCUT2D eigenvalue weighted by molar-refractivity contribution is -0.118. The molecule has 1 aromatic carbocycles. The number of amides is 3. The highest BCUT2D eigenvalue weighted by Crippen LogP contribution is 2.09. The number of carbonyl (C=O) groups excluding carboxylic acids is 2. The topological polar surface area (TPSA) is 49.4 Å². The molecule has 90 valence electrons. The Bertz CT molecular complexity index is 426. The lowest BCUT2D eigenvalue weighted by Gasteiger charge is -2.22. The summed E-state index contributed by atoms with van der Waals surface area (Å²) in [7, 11) is 0. The number of nitrogens with zero attached hydrogens (tertiary/aromatic N) is 1. The van der Waals surface area contributed by atoms with Crippen LogP contribution in [0.15, 0.2) is 42.6 Å². The third kappa shape index (κ3) is 4.10. The first-order valence-electron chi connectivity index (χ1n) is 5.29. The molecule has 0 aliphatic heterocycles. The maximum Gasteiger partial charge on any atom is 0.328 e. The van der Waals surface area contributed by atoms with Crippen molar-refractivity contribution < 1.29 is 9.59 Å². The van der Waals surface area contributed by atoms with Crippen LogP contribution in [0, 0.1) is 0 Å². The lowest BCUT2D eigenvalue weighted by atomic mass is 10.2. The predicted octanol–water partition coefficient (Wildman–Crippen LogP) is 2.28. The Morgan fingerprint density at radius 3 is 2.29 bits per heavy atom. The van der Waals surface area contributed by atoms with Gasteiger partial charge in [-0.3, -0.25) is 15.0 Å². The normalized spacial score (nSPS) is 9.53. The Morgan fingerprint density at radius 2 is 1.82 bits per heavy atom. The van der Waals surface area contributed by atoms with Crippen LogP contribution in [0.1, 0.15) is 19.4 Å². The fourth-order valence-corrected chi connectivity index (χ4v) is 1.36. The van der Waals surface area contributed by atoms with Crippen LogP contribution in [0.25, 0.3) is 0 Å². The van der Waals surface area contributed by atoms with Gasteiger partial charge in [-0.1, -0.05) is 36.9 Å². The molecule has 0 aromatic heterocycles. The van der Waals surface area contributed by atoms with Crippen molar-refractivity contribution in [2.24, 2.45) is 0 Å². The molecule has 4 nitrogen and oxygen atoms in total. The van der Waals surface area contributed by atoms with E-state index >= 15 is 0 Å². The van der Waals surface area contributed by atoms with Crippen molar-refractivity contribution in [2.75, 3.05) is 0 Å². The van der Waals surface area contributed by atoms with E-state index in [-0.39, 0.29) is 5.91 Å². The molecular formula is C13H16N2O2. The van der Waals surface area contributed by atoms with Gasteiger partial charge < -0.3 is 0 Å². The van der Waals surface area contributed by atoms with Gasteiger partial charge >= 0.3 is 6.03 Å². The van der Waals surface area contributed by atoms with Crippen LogP contribution in [0.3, 0.4) is 0 Å². The molecule has 0 aliphatic carbocycles. The molecular weight excluding hydrogens is 216 g/mol. The van der Waals surface area contributed by atoms with Crippen LogP contribution in [-0.2, 0) is 11.3 Å². The Kier molecular flexibility index (Phi) is 4.46. The SMILES string of the molecule is C=C(C)N(Cc1ccccc1)C(=O)NC(C)=O. The highest BCUT2D eigenvalue weighted by atomic mass is 16.2. The molecule has 0 radical (unpaired) electrons. The van der Waals surface area contributed by atoms with Gasteiger partial charge in [0.1, 0.15) is 0 Å². The Morgan fingerprint density at radius 1 is 1.24 bits per heavy atom. The lowest BCUT2D eigenvalue weighted by Crippen LogP contribution is -2.40. The second-order valence-electron chi connectivity index (χ2n) is 3.79. The number of urea groups is 1. The summed E-state index contributed by atoms with van der Waals surface area (Å²) < 4.78 is 0. The standard InChI is InChI=1S/C13H16N2O2/c1-10(2)15(13(17)14-11(3)16)9-12-7-5-4-6-8-12/h4-8H,1,9H2,2-3H3,(H,14,16,17). The largest absolute Gasteiger partial charge is 0.328 e. The first-order chi connectivity index (χ1) is 8.00. The minimum absolute atomic E-state index is 0.380. The summed E-state index contributed by atoms with van der Waals surface area (Å²) >= 11 is 0. The second-order valence-corrected chi connectivity index (χ2v) is 3.79. The van der Waals surface area contributed by atoms with Gasteiger partial charge in [-0.25, -0.2) is 4.79 Å². The summed E-state index contributed by atoms with van der Waals surface area (Å²) in [5.41, 5.74) is 1.57. The summed E-state index contributed by atoms with van der Waals surface area (Å²) in [4.78, 5) is 24.0. The molecule has 0 fully saturated rings. The van der Waals surface area contributed by atoms with Gasteiger partial charge in [0.15, 0.2) is 0 Å². The number of hydrogen-bond acceptors (Lipinski definition) is 2. The van der Waals surface area contributed by atoms with E-state index in [1.807, 2.05) is 30.3 Å². The number of nitrogens with one attached hydrogen (secondary N) is 1. The van der Waals surface area contributed by atoms with Crippen LogP contribution in [-0.4, -0.2) is 16.8 Å². The molecule has 0 spiro atoms. The molecule has 1 rings (SSSR count). The number of hydrogen-bond donors (Lipinski definition) is 1. The van der Waals surface area contributed by atoms with Crippen LogP contribution < -0.4 is 5.32 Å². The maximum absolute atomic E-state index is 11.7. The summed E-state index contributed by atoms with van der Waals surface area (Å²) in [6.07, 6.45) is 0. The molecule has 3 amide bonds. The Balaban J connectivity index is 2.77. The third-order valence-electron chi connectivity index (χ3n) is 2.17. The van der Waals surface area contributed by atoms with Gasteiger partial charge in [0.25, 0.3) is 0 Å². The molecule has 0 saturated heterocycles. The number of carbonyl (C=O) groups is 2. The van der Waals surface area contributed by atoms with Gasteiger partial charge in [0.05, 0.1) is 6.54 Å². The zero-order valence-corrected chi connectivity index (χ0v) is 10.1. The van der Waals surface area contributed by atoms with E-state index in [2.05, 4.69) is 11.9 Å². The van der Waals surface area contributed by atoms with Crippen LogP contribution in [0.5, 0.6) is 0 Å². The van der Waals surface area contributed by atoms with Crippen molar-refractivity contribution in [2.45, 2.75) is 20.4 Å². The molecule has 1 aromatic rings. The van der Waals surface area contributed by atoms with Crippen LogP contribution in [0.4, 0.5) is 4.79 Å². The van der Waals surface area contributed by atoms with Crippen molar-refractivity contribution in [1.29, 1.82) is 0 Å². The van der Waals surface area contributed by atoms with E-state index in [0.717, 1.165) is 5.56 Å². The van der Waals surface area contributed by atoms with Crippen molar-refractivity contribution in [3.8, 4) is 0 Å². The third-order valence-corrected chi connectivity index (χ3v) is 2.17. The van der Waals surface area contributed by atoms with Crippen molar-refractivity contribution in [1.82, 2.24) is 10.2 Å². The highest BCUT2D eigenvalue weighted by Gasteiger charge is 2.15. The van der Waals surface area contributed by atoms with Gasteiger partial charge in [0.2, 0.25) is 5.91 Å². The van der Waals surface area contributed by atoms with Crippen molar-refractivity contribution in [3.63, 3.8) is 0 Å². The highest BCUT2D eigenvalue weighted by molar-refractivity contribution is 5.93. The van der Waals surface area contributed by atoms with Gasteiger partial charge in [0, 0.05) is 12.6 Å². The number of imide groups is 1. The van der Waals surface area contributed by atoms with E-state index in [9.17, 15) is 9.59 Å². The second kappa shape index (κ2) is 5.84. The molecule has 0 saturated carbocycles. The van der Waals surface area contributed by atoms with Gasteiger partial charge in [-0.05, 0) is 12.5 Å². The minimum Gasteiger partial charge on any atom is -0.294 e. The average Bonchev–Trinajstić information content (AvgIpc) is 2.25. The first kappa shape index (κ1) is 13.0. The van der Waals surface area contributed by atoms with Crippen molar-refractivity contribution >= 4 is 11.9 Å². The predicted molar refractivity (Wildman–Crippen MR) is 66.0 cm³/mol. The van der Waals surface area contributed by atoms with Crippen molar-refractivity contribution in [3.05, 3.63) is 48.2 Å². The van der Waals surface area contributed by atoms with E-state index in [1.165, 1.54) is 11.8 Å².